The maximum absolute atomic E-state index is 12.6. The number of nitrogens with one attached hydrogen (secondary N) is 1. The first-order valence-corrected chi connectivity index (χ1v) is 8.23. The molecule has 0 fully saturated rings. The van der Waals surface area contributed by atoms with Crippen molar-refractivity contribution >= 4 is 39.5 Å². The molecular formula is C20H17NO4. The van der Waals surface area contributed by atoms with Gasteiger partial charge in [0.2, 0.25) is 5.91 Å². The van der Waals surface area contributed by atoms with Crippen molar-refractivity contribution in [2.45, 2.75) is 12.8 Å². The maximum atomic E-state index is 12.6. The Morgan fingerprint density at radius 3 is 2.48 bits per heavy atom. The lowest BCUT2D eigenvalue weighted by Gasteiger charge is -2.24. The zero-order valence-corrected chi connectivity index (χ0v) is 13.4. The van der Waals surface area contributed by atoms with Gasteiger partial charge >= 0.3 is 5.97 Å². The predicted molar refractivity (Wildman–Crippen MR) is 95.3 cm³/mol. The van der Waals surface area contributed by atoms with Gasteiger partial charge in [-0.05, 0) is 31.0 Å². The van der Waals surface area contributed by atoms with E-state index in [-0.39, 0.29) is 5.91 Å². The second-order valence-electron chi connectivity index (χ2n) is 6.29. The van der Waals surface area contributed by atoms with Crippen molar-refractivity contribution in [2.24, 2.45) is 11.8 Å². The molecule has 1 heterocycles. The van der Waals surface area contributed by atoms with Gasteiger partial charge in [-0.3, -0.25) is 9.59 Å². The second kappa shape index (κ2) is 6.09. The smallest absolute Gasteiger partial charge is 0.307 e. The molecular weight excluding hydrogens is 318 g/mol. The van der Waals surface area contributed by atoms with E-state index in [2.05, 4.69) is 5.32 Å². The lowest BCUT2D eigenvalue weighted by Crippen LogP contribution is -2.34. The molecule has 2 N–H and O–H groups in total. The molecule has 0 aliphatic heterocycles. The number of hydrogen-bond acceptors (Lipinski definition) is 3. The number of anilines is 1. The van der Waals surface area contributed by atoms with E-state index in [9.17, 15) is 14.7 Å². The number of carbonyl (C=O) groups excluding carboxylic acids is 1. The fraction of sp³-hybridized carbons (Fsp3) is 0.200. The van der Waals surface area contributed by atoms with Crippen molar-refractivity contribution in [3.05, 3.63) is 54.6 Å². The molecule has 0 spiro atoms. The van der Waals surface area contributed by atoms with E-state index in [1.807, 2.05) is 48.6 Å². The molecule has 2 aromatic carbocycles. The molecule has 4 rings (SSSR count). The van der Waals surface area contributed by atoms with E-state index in [1.165, 1.54) is 0 Å². The van der Waals surface area contributed by atoms with Gasteiger partial charge < -0.3 is 14.8 Å². The molecule has 3 aromatic rings. The third-order valence-electron chi connectivity index (χ3n) is 4.73. The third kappa shape index (κ3) is 2.78. The van der Waals surface area contributed by atoms with Crippen LogP contribution in [0.3, 0.4) is 0 Å². The van der Waals surface area contributed by atoms with E-state index in [0.29, 0.717) is 24.1 Å². The Labute approximate surface area is 143 Å². The molecule has 1 aliphatic rings. The number of rotatable bonds is 3. The number of allylic oxidation sites excluding steroid dienone is 2. The number of furan rings is 1. The highest BCUT2D eigenvalue weighted by Crippen LogP contribution is 2.31. The van der Waals surface area contributed by atoms with Crippen LogP contribution in [0.15, 0.2) is 59.0 Å². The lowest BCUT2D eigenvalue weighted by molar-refractivity contribution is -0.146. The average molecular weight is 335 g/mol. The van der Waals surface area contributed by atoms with Gasteiger partial charge in [-0.15, -0.1) is 0 Å². The first-order chi connectivity index (χ1) is 12.1. The minimum Gasteiger partial charge on any atom is -0.481 e. The summed E-state index contributed by atoms with van der Waals surface area (Å²) in [4.78, 5) is 23.9. The summed E-state index contributed by atoms with van der Waals surface area (Å²) in [6.07, 6.45) is 4.51. The van der Waals surface area contributed by atoms with Crippen LogP contribution in [-0.4, -0.2) is 17.0 Å². The molecule has 5 nitrogen and oxygen atoms in total. The zero-order chi connectivity index (χ0) is 17.4. The van der Waals surface area contributed by atoms with Crippen molar-refractivity contribution < 1.29 is 19.1 Å². The van der Waals surface area contributed by atoms with Crippen molar-refractivity contribution in [3.8, 4) is 0 Å². The molecule has 0 bridgehead atoms. The summed E-state index contributed by atoms with van der Waals surface area (Å²) in [7, 11) is 0. The highest BCUT2D eigenvalue weighted by Gasteiger charge is 2.33. The number of hydrogen-bond donors (Lipinski definition) is 2. The highest BCUT2D eigenvalue weighted by atomic mass is 16.4. The first kappa shape index (κ1) is 15.4. The number of benzene rings is 2. The molecule has 126 valence electrons. The van der Waals surface area contributed by atoms with Crippen LogP contribution >= 0.6 is 0 Å². The monoisotopic (exact) mass is 335 g/mol. The average Bonchev–Trinajstić information content (AvgIpc) is 2.99. The van der Waals surface area contributed by atoms with Crippen LogP contribution in [0.5, 0.6) is 0 Å². The normalized spacial score (nSPS) is 20.0. The largest absolute Gasteiger partial charge is 0.481 e. The van der Waals surface area contributed by atoms with Gasteiger partial charge in [-0.1, -0.05) is 30.4 Å². The van der Waals surface area contributed by atoms with Gasteiger partial charge in [0.1, 0.15) is 11.2 Å². The maximum Gasteiger partial charge on any atom is 0.307 e. The fourth-order valence-corrected chi connectivity index (χ4v) is 3.42. The van der Waals surface area contributed by atoms with E-state index in [4.69, 9.17) is 4.42 Å². The molecule has 0 unspecified atom stereocenters. The number of carbonyl (C=O) groups is 2. The van der Waals surface area contributed by atoms with Gasteiger partial charge in [0, 0.05) is 22.5 Å². The van der Waals surface area contributed by atoms with Crippen molar-refractivity contribution in [3.63, 3.8) is 0 Å². The highest BCUT2D eigenvalue weighted by molar-refractivity contribution is 6.06. The van der Waals surface area contributed by atoms with E-state index >= 15 is 0 Å². The van der Waals surface area contributed by atoms with Gasteiger partial charge in [-0.25, -0.2) is 0 Å². The van der Waals surface area contributed by atoms with E-state index < -0.39 is 17.8 Å². The van der Waals surface area contributed by atoms with Crippen molar-refractivity contribution in [2.75, 3.05) is 5.32 Å². The molecule has 0 saturated carbocycles. The molecule has 0 radical (unpaired) electrons. The number of para-hydroxylation sites is 1. The minimum absolute atomic E-state index is 0.271. The lowest BCUT2D eigenvalue weighted by atomic mass is 9.82. The summed E-state index contributed by atoms with van der Waals surface area (Å²) in [6.45, 7) is 0. The van der Waals surface area contributed by atoms with E-state index in [1.54, 1.807) is 6.07 Å². The summed E-state index contributed by atoms with van der Waals surface area (Å²) < 4.78 is 5.82. The number of carboxylic acids is 1. The van der Waals surface area contributed by atoms with Crippen molar-refractivity contribution in [1.29, 1.82) is 0 Å². The molecule has 1 amide bonds. The Bertz CT molecular complexity index is 1000. The molecule has 2 atom stereocenters. The van der Waals surface area contributed by atoms with Crippen LogP contribution in [0.1, 0.15) is 12.8 Å². The van der Waals surface area contributed by atoms with Gasteiger partial charge in [0.05, 0.1) is 11.8 Å². The molecule has 0 saturated heterocycles. The molecule has 1 aliphatic carbocycles. The Kier molecular flexibility index (Phi) is 3.76. The number of carboxylic acid groups (broad SMARTS) is 1. The summed E-state index contributed by atoms with van der Waals surface area (Å²) >= 11 is 0. The predicted octanol–water partition coefficient (Wildman–Crippen LogP) is 4.19. The molecule has 25 heavy (non-hydrogen) atoms. The SMILES string of the molecule is O=C(Nc1ccc2c(c1)oc1ccccc12)[C@H]1CC=CC[C@H]1C(=O)O. The van der Waals surface area contributed by atoms with Gasteiger partial charge in [0.25, 0.3) is 0 Å². The Balaban J connectivity index is 1.61. The standard InChI is InChI=1S/C20H17NO4/c22-19(15-6-1-2-7-16(15)20(23)24)21-12-9-10-14-13-5-3-4-8-17(13)25-18(14)11-12/h1-5,8-11,15-16H,6-7H2,(H,21,22)(H,23,24)/t15-,16+/m0/s1. The van der Waals surface area contributed by atoms with Crippen molar-refractivity contribution in [1.82, 2.24) is 0 Å². The zero-order valence-electron chi connectivity index (χ0n) is 13.4. The Morgan fingerprint density at radius 1 is 0.960 bits per heavy atom. The van der Waals surface area contributed by atoms with Crippen LogP contribution in [0.4, 0.5) is 5.69 Å². The van der Waals surface area contributed by atoms with Gasteiger partial charge in [-0.2, -0.15) is 0 Å². The Morgan fingerprint density at radius 2 is 1.68 bits per heavy atom. The van der Waals surface area contributed by atoms with Crippen LogP contribution < -0.4 is 5.32 Å². The quantitative estimate of drug-likeness (QED) is 0.703. The molecule has 1 aromatic heterocycles. The Hall–Kier alpha value is -3.08. The molecule has 5 heteroatoms. The number of amides is 1. The van der Waals surface area contributed by atoms with E-state index in [0.717, 1.165) is 16.4 Å². The summed E-state index contributed by atoms with van der Waals surface area (Å²) in [5.74, 6) is -2.45. The van der Waals surface area contributed by atoms with Crippen LogP contribution in [-0.2, 0) is 9.59 Å². The van der Waals surface area contributed by atoms with Gasteiger partial charge in [0.15, 0.2) is 0 Å². The number of aliphatic carboxylic acids is 1. The minimum atomic E-state index is -0.933. The fourth-order valence-electron chi connectivity index (χ4n) is 3.42. The third-order valence-corrected chi connectivity index (χ3v) is 4.73. The number of fused-ring (bicyclic) bond motifs is 3. The second-order valence-corrected chi connectivity index (χ2v) is 6.29. The first-order valence-electron chi connectivity index (χ1n) is 8.23. The van der Waals surface area contributed by atoms with Crippen LogP contribution in [0, 0.1) is 11.8 Å². The summed E-state index contributed by atoms with van der Waals surface area (Å²) in [6, 6.07) is 13.3. The topological polar surface area (TPSA) is 79.5 Å². The van der Waals surface area contributed by atoms with Crippen LogP contribution in [0.25, 0.3) is 21.9 Å². The van der Waals surface area contributed by atoms with Crippen LogP contribution in [0.2, 0.25) is 0 Å². The summed E-state index contributed by atoms with van der Waals surface area (Å²) in [5.41, 5.74) is 2.09. The summed E-state index contributed by atoms with van der Waals surface area (Å²) in [5, 5.41) is 14.2.